The second-order valence-corrected chi connectivity index (χ2v) is 4.06. The Balaban J connectivity index is 2.55. The molecule has 2 N–H and O–H groups in total. The molecule has 0 atom stereocenters. The number of benzene rings is 1. The number of nitro benzene ring substituents is 1. The molecule has 0 aromatic heterocycles. The Morgan fingerprint density at radius 2 is 2.26 bits per heavy atom. The van der Waals surface area contributed by atoms with Crippen LogP contribution in [0.25, 0.3) is 0 Å². The number of carbonyl (C=O) groups excluding carboxylic acids is 1. The van der Waals surface area contributed by atoms with E-state index in [2.05, 4.69) is 10.6 Å². The molecule has 1 aromatic rings. The summed E-state index contributed by atoms with van der Waals surface area (Å²) in [6.07, 6.45) is 0.685. The molecule has 19 heavy (non-hydrogen) atoms. The number of nitrogens with one attached hydrogen (secondary N) is 2. The summed E-state index contributed by atoms with van der Waals surface area (Å²) in [7, 11) is 1.58. The average molecular weight is 288 g/mol. The molecule has 0 aliphatic carbocycles. The van der Waals surface area contributed by atoms with E-state index in [4.69, 9.17) is 16.3 Å². The molecule has 1 rings (SSSR count). The number of amides is 2. The molecule has 104 valence electrons. The van der Waals surface area contributed by atoms with Gasteiger partial charge >= 0.3 is 6.03 Å². The minimum atomic E-state index is -0.607. The van der Waals surface area contributed by atoms with E-state index in [0.29, 0.717) is 25.3 Å². The number of nitrogens with zero attached hydrogens (tertiary/aromatic N) is 1. The zero-order chi connectivity index (χ0) is 14.3. The number of anilines is 1. The molecule has 0 radical (unpaired) electrons. The number of rotatable bonds is 6. The maximum Gasteiger partial charge on any atom is 0.319 e. The molecule has 7 nitrogen and oxygen atoms in total. The normalized spacial score (nSPS) is 10.0. The number of hydrogen-bond acceptors (Lipinski definition) is 4. The molecule has 0 fully saturated rings. The van der Waals surface area contributed by atoms with Gasteiger partial charge < -0.3 is 15.4 Å². The third kappa shape index (κ3) is 5.11. The Labute approximate surface area is 115 Å². The van der Waals surface area contributed by atoms with Crippen LogP contribution in [0.5, 0.6) is 0 Å². The Morgan fingerprint density at radius 3 is 2.89 bits per heavy atom. The van der Waals surface area contributed by atoms with Crippen molar-refractivity contribution in [2.75, 3.05) is 25.6 Å². The fourth-order valence-electron chi connectivity index (χ4n) is 1.32. The summed E-state index contributed by atoms with van der Waals surface area (Å²) in [5, 5.41) is 15.8. The van der Waals surface area contributed by atoms with Crippen LogP contribution in [0.1, 0.15) is 6.42 Å². The Morgan fingerprint density at radius 1 is 1.53 bits per heavy atom. The largest absolute Gasteiger partial charge is 0.385 e. The lowest BCUT2D eigenvalue weighted by atomic mass is 10.3. The highest BCUT2D eigenvalue weighted by Gasteiger charge is 2.13. The first-order valence-electron chi connectivity index (χ1n) is 5.52. The molecule has 0 unspecified atom stereocenters. The topological polar surface area (TPSA) is 93.5 Å². The predicted octanol–water partition coefficient (Wildman–Crippen LogP) is 2.41. The van der Waals surface area contributed by atoms with Crippen molar-refractivity contribution < 1.29 is 14.5 Å². The SMILES string of the molecule is COCCCNC(=O)Nc1ccc(Cl)c([N+](=O)[O-])c1. The van der Waals surface area contributed by atoms with Gasteiger partial charge in [0.2, 0.25) is 0 Å². The second kappa shape index (κ2) is 7.55. The summed E-state index contributed by atoms with van der Waals surface area (Å²) in [4.78, 5) is 21.6. The van der Waals surface area contributed by atoms with Crippen LogP contribution in [0.2, 0.25) is 5.02 Å². The van der Waals surface area contributed by atoms with Crippen molar-refractivity contribution in [2.45, 2.75) is 6.42 Å². The summed E-state index contributed by atoms with van der Waals surface area (Å²) in [6.45, 7) is 1.00. The summed E-state index contributed by atoms with van der Waals surface area (Å²) in [5.41, 5.74) is 0.0548. The van der Waals surface area contributed by atoms with Crippen LogP contribution in [0.3, 0.4) is 0 Å². The molecule has 8 heteroatoms. The number of carbonyl (C=O) groups is 1. The minimum absolute atomic E-state index is 0.0241. The number of halogens is 1. The van der Waals surface area contributed by atoms with E-state index in [9.17, 15) is 14.9 Å². The van der Waals surface area contributed by atoms with Crippen LogP contribution in [-0.4, -0.2) is 31.2 Å². The van der Waals surface area contributed by atoms with Gasteiger partial charge in [-0.1, -0.05) is 11.6 Å². The minimum Gasteiger partial charge on any atom is -0.385 e. The van der Waals surface area contributed by atoms with Crippen molar-refractivity contribution in [3.8, 4) is 0 Å². The fourth-order valence-corrected chi connectivity index (χ4v) is 1.51. The standard InChI is InChI=1S/C11H14ClN3O4/c1-19-6-2-5-13-11(16)14-8-3-4-9(12)10(7-8)15(17)18/h3-4,7H,2,5-6H2,1H3,(H2,13,14,16). The fraction of sp³-hybridized carbons (Fsp3) is 0.364. The molecule has 2 amide bonds. The van der Waals surface area contributed by atoms with Gasteiger partial charge in [-0.05, 0) is 18.6 Å². The molecule has 0 saturated heterocycles. The van der Waals surface area contributed by atoms with Crippen LogP contribution in [0, 0.1) is 10.1 Å². The zero-order valence-electron chi connectivity index (χ0n) is 10.3. The van der Waals surface area contributed by atoms with Crippen molar-refractivity contribution >= 4 is 29.0 Å². The molecule has 0 spiro atoms. The van der Waals surface area contributed by atoms with Crippen LogP contribution < -0.4 is 10.6 Å². The van der Waals surface area contributed by atoms with E-state index in [1.165, 1.54) is 18.2 Å². The van der Waals surface area contributed by atoms with Crippen molar-refractivity contribution in [2.24, 2.45) is 0 Å². The van der Waals surface area contributed by atoms with Gasteiger partial charge in [0.05, 0.1) is 4.92 Å². The average Bonchev–Trinajstić information content (AvgIpc) is 2.36. The second-order valence-electron chi connectivity index (χ2n) is 3.65. The smallest absolute Gasteiger partial charge is 0.319 e. The quantitative estimate of drug-likeness (QED) is 0.477. The van der Waals surface area contributed by atoms with Crippen molar-refractivity contribution in [1.82, 2.24) is 5.32 Å². The monoisotopic (exact) mass is 287 g/mol. The van der Waals surface area contributed by atoms with E-state index >= 15 is 0 Å². The van der Waals surface area contributed by atoms with Crippen molar-refractivity contribution in [3.63, 3.8) is 0 Å². The van der Waals surface area contributed by atoms with Crippen LogP contribution >= 0.6 is 11.6 Å². The number of urea groups is 1. The zero-order valence-corrected chi connectivity index (χ0v) is 11.1. The predicted molar refractivity (Wildman–Crippen MR) is 71.6 cm³/mol. The van der Waals surface area contributed by atoms with E-state index < -0.39 is 11.0 Å². The summed E-state index contributed by atoms with van der Waals surface area (Å²) >= 11 is 5.66. The molecule has 0 bridgehead atoms. The highest BCUT2D eigenvalue weighted by molar-refractivity contribution is 6.32. The lowest BCUT2D eigenvalue weighted by molar-refractivity contribution is -0.384. The van der Waals surface area contributed by atoms with Crippen molar-refractivity contribution in [1.29, 1.82) is 0 Å². The highest BCUT2D eigenvalue weighted by Crippen LogP contribution is 2.27. The van der Waals surface area contributed by atoms with Crippen LogP contribution in [-0.2, 0) is 4.74 Å². The molecular formula is C11H14ClN3O4. The highest BCUT2D eigenvalue weighted by atomic mass is 35.5. The van der Waals surface area contributed by atoms with Gasteiger partial charge in [-0.2, -0.15) is 0 Å². The number of methoxy groups -OCH3 is 1. The maximum absolute atomic E-state index is 11.5. The number of nitro groups is 1. The lowest BCUT2D eigenvalue weighted by Crippen LogP contribution is -2.30. The van der Waals surface area contributed by atoms with Gasteiger partial charge in [-0.15, -0.1) is 0 Å². The van der Waals surface area contributed by atoms with Gasteiger partial charge in [0.1, 0.15) is 5.02 Å². The van der Waals surface area contributed by atoms with E-state index in [1.54, 1.807) is 7.11 Å². The van der Waals surface area contributed by atoms with Gasteiger partial charge in [0.15, 0.2) is 0 Å². The first-order chi connectivity index (χ1) is 9.04. The first-order valence-corrected chi connectivity index (χ1v) is 5.90. The van der Waals surface area contributed by atoms with Gasteiger partial charge in [0.25, 0.3) is 5.69 Å². The lowest BCUT2D eigenvalue weighted by Gasteiger charge is -2.07. The van der Waals surface area contributed by atoms with Gasteiger partial charge in [0, 0.05) is 32.0 Å². The summed E-state index contributed by atoms with van der Waals surface area (Å²) in [5.74, 6) is 0. The summed E-state index contributed by atoms with van der Waals surface area (Å²) in [6, 6.07) is 3.62. The molecular weight excluding hydrogens is 274 g/mol. The van der Waals surface area contributed by atoms with E-state index in [-0.39, 0.29) is 10.7 Å². The number of ether oxygens (including phenoxy) is 1. The van der Waals surface area contributed by atoms with Crippen LogP contribution in [0.15, 0.2) is 18.2 Å². The van der Waals surface area contributed by atoms with Crippen molar-refractivity contribution in [3.05, 3.63) is 33.3 Å². The Hall–Kier alpha value is -1.86. The molecule has 0 aliphatic heterocycles. The Bertz CT molecular complexity index is 467. The van der Waals surface area contributed by atoms with E-state index in [1.807, 2.05) is 0 Å². The maximum atomic E-state index is 11.5. The first kappa shape index (κ1) is 15.2. The third-order valence-corrected chi connectivity index (χ3v) is 2.53. The Kier molecular flexibility index (Phi) is 6.04. The summed E-state index contributed by atoms with van der Waals surface area (Å²) < 4.78 is 4.84. The van der Waals surface area contributed by atoms with E-state index in [0.717, 1.165) is 0 Å². The third-order valence-electron chi connectivity index (χ3n) is 2.21. The number of hydrogen-bond donors (Lipinski definition) is 2. The van der Waals surface area contributed by atoms with Gasteiger partial charge in [-0.25, -0.2) is 4.79 Å². The molecule has 0 saturated carbocycles. The molecule has 0 heterocycles. The molecule has 0 aliphatic rings. The van der Waals surface area contributed by atoms with Crippen LogP contribution in [0.4, 0.5) is 16.2 Å². The van der Waals surface area contributed by atoms with Gasteiger partial charge in [-0.3, -0.25) is 10.1 Å². The molecule has 1 aromatic carbocycles.